The van der Waals surface area contributed by atoms with Crippen molar-refractivity contribution in [2.45, 2.75) is 26.8 Å². The molecule has 2 rings (SSSR count). The number of carbonyl (C=O) groups is 1. The van der Waals surface area contributed by atoms with Crippen LogP contribution in [0.25, 0.3) is 5.69 Å². The zero-order valence-corrected chi connectivity index (χ0v) is 12.2. The third kappa shape index (κ3) is 2.66. The van der Waals surface area contributed by atoms with Crippen molar-refractivity contribution in [2.24, 2.45) is 0 Å². The van der Waals surface area contributed by atoms with Crippen molar-refractivity contribution in [1.29, 1.82) is 0 Å². The van der Waals surface area contributed by atoms with E-state index >= 15 is 0 Å². The molecule has 5 heteroatoms. The van der Waals surface area contributed by atoms with Crippen LogP contribution in [0.2, 0.25) is 0 Å². The van der Waals surface area contributed by atoms with Gasteiger partial charge >= 0.3 is 0 Å². The van der Waals surface area contributed by atoms with E-state index in [1.165, 1.54) is 10.7 Å². The van der Waals surface area contributed by atoms with E-state index < -0.39 is 0 Å². The van der Waals surface area contributed by atoms with Gasteiger partial charge in [-0.3, -0.25) is 14.7 Å². The molecule has 1 N–H and O–H groups in total. The van der Waals surface area contributed by atoms with Crippen LogP contribution in [0.15, 0.2) is 35.1 Å². The van der Waals surface area contributed by atoms with Crippen LogP contribution < -0.4 is 5.56 Å². The van der Waals surface area contributed by atoms with Gasteiger partial charge in [0.05, 0.1) is 5.69 Å². The van der Waals surface area contributed by atoms with E-state index in [0.717, 1.165) is 5.56 Å². The zero-order valence-electron chi connectivity index (χ0n) is 12.2. The number of nitrogens with zero attached hydrogens (tertiary/aromatic N) is 2. The number of benzene rings is 1. The van der Waals surface area contributed by atoms with Crippen molar-refractivity contribution in [1.82, 2.24) is 14.7 Å². The first-order valence-electron chi connectivity index (χ1n) is 6.56. The summed E-state index contributed by atoms with van der Waals surface area (Å²) in [5.74, 6) is -0.192. The molecule has 5 nitrogen and oxygen atoms in total. The monoisotopic (exact) mass is 273 g/mol. The molecular formula is C15H19N3O2. The molecule has 0 fully saturated rings. The van der Waals surface area contributed by atoms with Crippen LogP contribution in [-0.2, 0) is 0 Å². The minimum absolute atomic E-state index is 0.0775. The van der Waals surface area contributed by atoms with Gasteiger partial charge < -0.3 is 4.90 Å². The van der Waals surface area contributed by atoms with E-state index in [9.17, 15) is 9.59 Å². The van der Waals surface area contributed by atoms with E-state index in [4.69, 9.17) is 0 Å². The highest BCUT2D eigenvalue weighted by Crippen LogP contribution is 2.08. The maximum Gasteiger partial charge on any atom is 0.271 e. The molecule has 0 atom stereocenters. The van der Waals surface area contributed by atoms with Gasteiger partial charge in [-0.05, 0) is 32.9 Å². The molecule has 1 aromatic heterocycles. The molecular weight excluding hydrogens is 254 g/mol. The first-order valence-corrected chi connectivity index (χ1v) is 6.56. The highest BCUT2D eigenvalue weighted by molar-refractivity contribution is 5.92. The van der Waals surface area contributed by atoms with Gasteiger partial charge in [-0.25, -0.2) is 4.68 Å². The Kier molecular flexibility index (Phi) is 3.79. The second kappa shape index (κ2) is 5.36. The van der Waals surface area contributed by atoms with Gasteiger partial charge in [0.2, 0.25) is 0 Å². The first-order chi connectivity index (χ1) is 9.40. The molecule has 0 unspecified atom stereocenters. The third-order valence-corrected chi connectivity index (χ3v) is 3.34. The molecule has 0 aliphatic carbocycles. The minimum atomic E-state index is -0.241. The number of amides is 1. The Hall–Kier alpha value is -2.30. The lowest BCUT2D eigenvalue weighted by atomic mass is 10.2. The largest absolute Gasteiger partial charge is 0.338 e. The summed E-state index contributed by atoms with van der Waals surface area (Å²) in [4.78, 5) is 25.8. The molecule has 1 aromatic carbocycles. The molecule has 106 valence electrons. The lowest BCUT2D eigenvalue weighted by Crippen LogP contribution is -2.33. The summed E-state index contributed by atoms with van der Waals surface area (Å²) in [5.41, 5.74) is 1.89. The van der Waals surface area contributed by atoms with Crippen molar-refractivity contribution in [3.63, 3.8) is 0 Å². The minimum Gasteiger partial charge on any atom is -0.338 e. The van der Waals surface area contributed by atoms with Gasteiger partial charge in [0.25, 0.3) is 11.5 Å². The molecule has 0 saturated heterocycles. The van der Waals surface area contributed by atoms with Crippen molar-refractivity contribution >= 4 is 5.91 Å². The summed E-state index contributed by atoms with van der Waals surface area (Å²) in [6.45, 7) is 5.83. The fourth-order valence-corrected chi connectivity index (χ4v) is 1.82. The molecule has 0 bridgehead atoms. The maximum absolute atomic E-state index is 12.2. The molecule has 1 heterocycles. The van der Waals surface area contributed by atoms with Crippen molar-refractivity contribution in [2.75, 3.05) is 7.05 Å². The van der Waals surface area contributed by atoms with Crippen molar-refractivity contribution in [3.8, 4) is 5.69 Å². The van der Waals surface area contributed by atoms with E-state index in [1.807, 2.05) is 45.0 Å². The first kappa shape index (κ1) is 14.1. The van der Waals surface area contributed by atoms with Gasteiger partial charge in [-0.2, -0.15) is 0 Å². The van der Waals surface area contributed by atoms with Crippen molar-refractivity contribution in [3.05, 3.63) is 51.9 Å². The average Bonchev–Trinajstić information content (AvgIpc) is 2.80. The van der Waals surface area contributed by atoms with Crippen LogP contribution in [0.5, 0.6) is 0 Å². The highest BCUT2D eigenvalue weighted by Gasteiger charge is 2.18. The second-order valence-corrected chi connectivity index (χ2v) is 5.19. The fourth-order valence-electron chi connectivity index (χ4n) is 1.82. The Bertz CT molecular complexity index is 665. The van der Waals surface area contributed by atoms with Crippen molar-refractivity contribution < 1.29 is 4.79 Å². The number of aryl methyl sites for hydroxylation is 1. The van der Waals surface area contributed by atoms with E-state index in [1.54, 1.807) is 11.9 Å². The van der Waals surface area contributed by atoms with Crippen LogP contribution in [0, 0.1) is 6.92 Å². The van der Waals surface area contributed by atoms with Crippen LogP contribution in [0.4, 0.5) is 0 Å². The summed E-state index contributed by atoms with van der Waals surface area (Å²) in [6.07, 6.45) is 0. The predicted molar refractivity (Wildman–Crippen MR) is 78.4 cm³/mol. The maximum atomic E-state index is 12.2. The molecule has 1 amide bonds. The Morgan fingerprint density at radius 1 is 1.25 bits per heavy atom. The van der Waals surface area contributed by atoms with E-state index in [0.29, 0.717) is 11.4 Å². The Labute approximate surface area is 117 Å². The summed E-state index contributed by atoms with van der Waals surface area (Å²) in [7, 11) is 1.72. The summed E-state index contributed by atoms with van der Waals surface area (Å²) in [5, 5.41) is 2.87. The van der Waals surface area contributed by atoms with Crippen LogP contribution in [-0.4, -0.2) is 33.7 Å². The van der Waals surface area contributed by atoms with Crippen LogP contribution in [0.1, 0.15) is 29.9 Å². The van der Waals surface area contributed by atoms with E-state index in [2.05, 4.69) is 5.10 Å². The number of H-pyrrole nitrogens is 1. The number of hydrogen-bond donors (Lipinski definition) is 1. The SMILES string of the molecule is Cc1ccc(-n2[nH]c(C(=O)N(C)C(C)C)cc2=O)cc1. The number of aromatic amines is 1. The average molecular weight is 273 g/mol. The topological polar surface area (TPSA) is 58.1 Å². The lowest BCUT2D eigenvalue weighted by Gasteiger charge is -2.20. The molecule has 0 radical (unpaired) electrons. The summed E-state index contributed by atoms with van der Waals surface area (Å²) < 4.78 is 1.38. The highest BCUT2D eigenvalue weighted by atomic mass is 16.2. The molecule has 0 saturated carbocycles. The number of aromatic nitrogens is 2. The Balaban J connectivity index is 2.37. The van der Waals surface area contributed by atoms with Gasteiger partial charge in [-0.15, -0.1) is 0 Å². The Morgan fingerprint density at radius 2 is 1.85 bits per heavy atom. The molecule has 2 aromatic rings. The fraction of sp³-hybridized carbons (Fsp3) is 0.333. The second-order valence-electron chi connectivity index (χ2n) is 5.19. The van der Waals surface area contributed by atoms with Gasteiger partial charge in [0.15, 0.2) is 0 Å². The quantitative estimate of drug-likeness (QED) is 0.929. The number of rotatable bonds is 3. The van der Waals surface area contributed by atoms with E-state index in [-0.39, 0.29) is 17.5 Å². The van der Waals surface area contributed by atoms with Crippen LogP contribution in [0.3, 0.4) is 0 Å². The van der Waals surface area contributed by atoms with Gasteiger partial charge in [-0.1, -0.05) is 17.7 Å². The Morgan fingerprint density at radius 3 is 2.40 bits per heavy atom. The molecule has 20 heavy (non-hydrogen) atoms. The molecule has 0 aliphatic heterocycles. The summed E-state index contributed by atoms with van der Waals surface area (Å²) in [6, 6.07) is 8.94. The van der Waals surface area contributed by atoms with Gasteiger partial charge in [0, 0.05) is 19.2 Å². The lowest BCUT2D eigenvalue weighted by molar-refractivity contribution is 0.0748. The van der Waals surface area contributed by atoms with Crippen LogP contribution >= 0.6 is 0 Å². The third-order valence-electron chi connectivity index (χ3n) is 3.34. The number of hydrogen-bond acceptors (Lipinski definition) is 2. The number of nitrogens with one attached hydrogen (secondary N) is 1. The molecule has 0 spiro atoms. The normalized spacial score (nSPS) is 10.8. The summed E-state index contributed by atoms with van der Waals surface area (Å²) >= 11 is 0. The standard InChI is InChI=1S/C15H19N3O2/c1-10(2)17(4)15(20)13-9-14(19)18(16-13)12-7-5-11(3)6-8-12/h5-10,16H,1-4H3. The molecule has 0 aliphatic rings. The van der Waals surface area contributed by atoms with Gasteiger partial charge in [0.1, 0.15) is 5.69 Å². The number of carbonyl (C=O) groups excluding carboxylic acids is 1. The smallest absolute Gasteiger partial charge is 0.271 e. The predicted octanol–water partition coefficient (Wildman–Crippen LogP) is 1.95. The zero-order chi connectivity index (χ0) is 14.9.